The molecule has 0 bridgehead atoms. The first kappa shape index (κ1) is 18.8. The van der Waals surface area contributed by atoms with Gasteiger partial charge in [0.15, 0.2) is 0 Å². The molecule has 0 amide bonds. The van der Waals surface area contributed by atoms with Crippen molar-refractivity contribution < 1.29 is 9.90 Å². The number of furan rings is 1. The highest BCUT2D eigenvalue weighted by atomic mass is 16.3. The fraction of sp³-hybridized carbons (Fsp3) is 0. The molecule has 0 N–H and O–H groups in total. The van der Waals surface area contributed by atoms with Crippen molar-refractivity contribution in [2.75, 3.05) is 0 Å². The first-order valence-electron chi connectivity index (χ1n) is 15.8. The monoisotopic (exact) mass is 524 g/mol. The minimum Gasteiger partial charge on any atom is -0.456 e. The van der Waals surface area contributed by atoms with Gasteiger partial charge in [-0.05, 0) is 102 Å². The second kappa shape index (κ2) is 8.55. The minimum atomic E-state index is -0.0706. The Balaban J connectivity index is 1.24. The van der Waals surface area contributed by atoms with Crippen LogP contribution < -0.4 is 0 Å². The quantitative estimate of drug-likeness (QED) is 0.162. The van der Waals surface area contributed by atoms with Crippen LogP contribution in [0.3, 0.4) is 0 Å². The van der Waals surface area contributed by atoms with Crippen molar-refractivity contribution in [3.8, 4) is 22.3 Å². The summed E-state index contributed by atoms with van der Waals surface area (Å²) in [6.07, 6.45) is 0. The van der Waals surface area contributed by atoms with Gasteiger partial charge < -0.3 is 4.42 Å². The highest BCUT2D eigenvalue weighted by molar-refractivity contribution is 6.16. The maximum absolute atomic E-state index is 9.15. The third-order valence-electron chi connectivity index (χ3n) is 8.25. The van der Waals surface area contributed by atoms with Crippen molar-refractivity contribution in [1.82, 2.24) is 0 Å². The van der Waals surface area contributed by atoms with E-state index in [2.05, 4.69) is 54.6 Å². The first-order chi connectivity index (χ1) is 22.0. The molecule has 190 valence electrons. The summed E-state index contributed by atoms with van der Waals surface area (Å²) in [6, 6.07) is 40.3. The first-order valence-corrected chi connectivity index (χ1v) is 13.8. The van der Waals surface area contributed by atoms with E-state index < -0.39 is 0 Å². The molecule has 0 saturated heterocycles. The number of rotatable bonds is 2. The lowest BCUT2D eigenvalue weighted by atomic mass is 9.94. The molecule has 0 aliphatic rings. The second-order valence-corrected chi connectivity index (χ2v) is 10.6. The Labute approximate surface area is 242 Å². The Bertz CT molecular complexity index is 2680. The van der Waals surface area contributed by atoms with Gasteiger partial charge in [0.05, 0.1) is 5.48 Å². The highest BCUT2D eigenvalue weighted by Crippen LogP contribution is 2.39. The normalized spacial score (nSPS) is 13.3. The van der Waals surface area contributed by atoms with Crippen LogP contribution in [0.15, 0.2) is 150 Å². The summed E-state index contributed by atoms with van der Waals surface area (Å²) in [7, 11) is 0. The molecule has 0 radical (unpaired) electrons. The van der Waals surface area contributed by atoms with Gasteiger partial charge in [-0.15, -0.1) is 0 Å². The van der Waals surface area contributed by atoms with Gasteiger partial charge >= 0.3 is 0 Å². The molecule has 9 aromatic rings. The molecule has 0 unspecified atom stereocenters. The minimum absolute atomic E-state index is 0.0626. The second-order valence-electron chi connectivity index (χ2n) is 10.6. The van der Waals surface area contributed by atoms with E-state index in [1.54, 1.807) is 0 Å². The van der Waals surface area contributed by atoms with E-state index in [9.17, 15) is 0 Å². The molecule has 8 aromatic carbocycles. The zero-order valence-electron chi connectivity index (χ0n) is 26.0. The number of fused-ring (bicyclic) bond motifs is 8. The molecular formula is C40H24O. The van der Waals surface area contributed by atoms with Gasteiger partial charge in [0.2, 0.25) is 0 Å². The van der Waals surface area contributed by atoms with Crippen LogP contribution in [0.4, 0.5) is 0 Å². The van der Waals surface area contributed by atoms with Crippen molar-refractivity contribution in [2.24, 2.45) is 0 Å². The van der Waals surface area contributed by atoms with Gasteiger partial charge in [-0.2, -0.15) is 0 Å². The van der Waals surface area contributed by atoms with Gasteiger partial charge in [0.1, 0.15) is 11.2 Å². The number of hydrogen-bond acceptors (Lipinski definition) is 1. The summed E-state index contributed by atoms with van der Waals surface area (Å²) in [6.45, 7) is 0. The third kappa shape index (κ3) is 3.49. The van der Waals surface area contributed by atoms with Gasteiger partial charge in [-0.1, -0.05) is 109 Å². The lowest BCUT2D eigenvalue weighted by Gasteiger charge is -2.10. The molecule has 0 spiro atoms. The summed E-state index contributed by atoms with van der Waals surface area (Å²) in [5, 5.41) is 10.5. The molecule has 41 heavy (non-hydrogen) atoms. The Morgan fingerprint density at radius 3 is 1.95 bits per heavy atom. The SMILES string of the molecule is [2H]c1c([2H])c(-c2cccc3oc4cc5ccccc5cc4c23)c([2H])c([2H])c1-c1ccc2cc3c(ccc4ccccc43)cc2c1. The summed E-state index contributed by atoms with van der Waals surface area (Å²) in [5.41, 5.74) is 3.22. The molecular weight excluding hydrogens is 496 g/mol. The predicted molar refractivity (Wildman–Crippen MR) is 175 cm³/mol. The fourth-order valence-electron chi connectivity index (χ4n) is 6.22. The van der Waals surface area contributed by atoms with Crippen LogP contribution in [-0.4, -0.2) is 0 Å². The van der Waals surface area contributed by atoms with E-state index in [0.717, 1.165) is 43.3 Å². The van der Waals surface area contributed by atoms with Crippen molar-refractivity contribution in [3.05, 3.63) is 145 Å². The maximum Gasteiger partial charge on any atom is 0.136 e. The largest absolute Gasteiger partial charge is 0.456 e. The Hall–Kier alpha value is -5.40. The molecule has 0 saturated carbocycles. The highest BCUT2D eigenvalue weighted by Gasteiger charge is 2.14. The average molecular weight is 525 g/mol. The average Bonchev–Trinajstić information content (AvgIpc) is 3.43. The van der Waals surface area contributed by atoms with Crippen molar-refractivity contribution in [2.45, 2.75) is 0 Å². The van der Waals surface area contributed by atoms with E-state index >= 15 is 0 Å². The lowest BCUT2D eigenvalue weighted by molar-refractivity contribution is 0.669. The van der Waals surface area contributed by atoms with Crippen LogP contribution in [0.5, 0.6) is 0 Å². The standard InChI is InChI=1S/C40H24O/c1-2-8-29-24-39-37(23-28(29)7-1)40-35(10-5-11-38(40)41-39)27-14-12-25(13-15-27)30-17-18-31-22-36-32(21-33(31)20-30)19-16-26-6-3-4-9-34(26)36/h1-24H/i12D,13D,14D,15D. The van der Waals surface area contributed by atoms with Gasteiger partial charge in [-0.3, -0.25) is 0 Å². The van der Waals surface area contributed by atoms with Crippen LogP contribution in [0.25, 0.3) is 87.3 Å². The topological polar surface area (TPSA) is 13.1 Å². The van der Waals surface area contributed by atoms with E-state index in [-0.39, 0.29) is 29.7 Å². The molecule has 0 aliphatic heterocycles. The van der Waals surface area contributed by atoms with Gasteiger partial charge in [-0.25, -0.2) is 0 Å². The van der Waals surface area contributed by atoms with Crippen LogP contribution in [-0.2, 0) is 0 Å². The Morgan fingerprint density at radius 1 is 0.390 bits per heavy atom. The summed E-state index contributed by atoms with van der Waals surface area (Å²) >= 11 is 0. The van der Waals surface area contributed by atoms with E-state index in [1.165, 1.54) is 16.2 Å². The molecule has 0 atom stereocenters. The van der Waals surface area contributed by atoms with Crippen molar-refractivity contribution >= 4 is 65.0 Å². The summed E-state index contributed by atoms with van der Waals surface area (Å²) in [4.78, 5) is 0. The van der Waals surface area contributed by atoms with E-state index in [4.69, 9.17) is 9.90 Å². The molecule has 1 nitrogen and oxygen atoms in total. The molecule has 0 aliphatic carbocycles. The molecule has 9 rings (SSSR count). The summed E-state index contributed by atoms with van der Waals surface area (Å²) in [5.74, 6) is 0. The van der Waals surface area contributed by atoms with E-state index in [0.29, 0.717) is 22.3 Å². The fourth-order valence-corrected chi connectivity index (χ4v) is 6.22. The van der Waals surface area contributed by atoms with Gasteiger partial charge in [0, 0.05) is 10.8 Å². The van der Waals surface area contributed by atoms with Crippen LogP contribution >= 0.6 is 0 Å². The number of benzene rings is 8. The van der Waals surface area contributed by atoms with Crippen LogP contribution in [0, 0.1) is 0 Å². The maximum atomic E-state index is 9.15. The third-order valence-corrected chi connectivity index (χ3v) is 8.25. The van der Waals surface area contributed by atoms with Gasteiger partial charge in [0.25, 0.3) is 0 Å². The Morgan fingerprint density at radius 2 is 1.07 bits per heavy atom. The van der Waals surface area contributed by atoms with Crippen molar-refractivity contribution in [3.63, 3.8) is 0 Å². The molecule has 0 fully saturated rings. The lowest BCUT2D eigenvalue weighted by Crippen LogP contribution is -1.84. The van der Waals surface area contributed by atoms with Crippen molar-refractivity contribution in [1.29, 1.82) is 0 Å². The smallest absolute Gasteiger partial charge is 0.136 e. The van der Waals surface area contributed by atoms with Crippen LogP contribution in [0.1, 0.15) is 5.48 Å². The number of hydrogen-bond donors (Lipinski definition) is 0. The molecule has 1 heterocycles. The summed E-state index contributed by atoms with van der Waals surface area (Å²) < 4.78 is 42.8. The zero-order valence-corrected chi connectivity index (χ0v) is 22.0. The zero-order chi connectivity index (χ0) is 30.4. The Kier molecular flexibility index (Phi) is 3.92. The van der Waals surface area contributed by atoms with E-state index in [1.807, 2.05) is 66.7 Å². The van der Waals surface area contributed by atoms with Crippen LogP contribution in [0.2, 0.25) is 0 Å². The predicted octanol–water partition coefficient (Wildman–Crippen LogP) is 11.5. The molecule has 1 aromatic heterocycles. The molecule has 1 heteroatoms.